The topological polar surface area (TPSA) is 29.5 Å². The summed E-state index contributed by atoms with van der Waals surface area (Å²) in [7, 11) is 0. The van der Waals surface area contributed by atoms with Crippen molar-refractivity contribution in [2.45, 2.75) is 0 Å². The minimum atomic E-state index is 0.854. The molecule has 0 saturated heterocycles. The van der Waals surface area contributed by atoms with E-state index in [2.05, 4.69) is 205 Å². The van der Waals surface area contributed by atoms with Gasteiger partial charge >= 0.3 is 0 Å². The maximum atomic E-state index is 6.70. The van der Waals surface area contributed by atoms with Crippen LogP contribution in [0.15, 0.2) is 221 Å². The van der Waals surface area contributed by atoms with E-state index in [4.69, 9.17) is 8.83 Å². The van der Waals surface area contributed by atoms with Crippen molar-refractivity contribution in [3.8, 4) is 33.4 Å². The number of benzene rings is 10. The van der Waals surface area contributed by atoms with Gasteiger partial charge in [-0.3, -0.25) is 0 Å². The molecule has 0 amide bonds. The zero-order valence-electron chi connectivity index (χ0n) is 32.0. The highest BCUT2D eigenvalue weighted by Crippen LogP contribution is 2.46. The van der Waals surface area contributed by atoms with Crippen molar-refractivity contribution >= 4 is 82.5 Å². The molecule has 10 aromatic carbocycles. The van der Waals surface area contributed by atoms with Crippen molar-refractivity contribution in [3.05, 3.63) is 212 Å². The number of rotatable bonds is 6. The molecule has 3 nitrogen and oxygen atoms in total. The van der Waals surface area contributed by atoms with Crippen molar-refractivity contribution in [2.75, 3.05) is 4.90 Å². The minimum Gasteiger partial charge on any atom is -0.455 e. The largest absolute Gasteiger partial charge is 0.455 e. The van der Waals surface area contributed by atoms with Crippen LogP contribution in [-0.4, -0.2) is 0 Å². The fraction of sp³-hybridized carbons (Fsp3) is 0. The van der Waals surface area contributed by atoms with Crippen molar-refractivity contribution in [2.24, 2.45) is 0 Å². The molecular formula is C56H35NO2. The maximum absolute atomic E-state index is 6.70. The Morgan fingerprint density at radius 1 is 0.288 bits per heavy atom. The van der Waals surface area contributed by atoms with E-state index < -0.39 is 0 Å². The standard InChI is InChI=1S/C56H35NO2/c1-2-12-36(13-3-1)43-19-8-15-40-16-9-20-44(53(40)43)38-26-31-41(32-27-38)57(50-23-11-25-52-54(50)49-35-30-37-14-4-5-17-45(37)56(49)59-52)42-33-28-39(29-34-42)46-21-10-22-48-47-18-6-7-24-51(47)58-55(46)48/h1-35H. The second-order valence-corrected chi connectivity index (χ2v) is 15.2. The summed E-state index contributed by atoms with van der Waals surface area (Å²) in [5.74, 6) is 0. The first-order valence-corrected chi connectivity index (χ1v) is 20.1. The molecule has 0 aliphatic carbocycles. The fourth-order valence-corrected chi connectivity index (χ4v) is 9.14. The van der Waals surface area contributed by atoms with Crippen LogP contribution < -0.4 is 4.90 Å². The van der Waals surface area contributed by atoms with Gasteiger partial charge in [0.15, 0.2) is 0 Å². The molecule has 2 heterocycles. The predicted molar refractivity (Wildman–Crippen MR) is 247 cm³/mol. The Labute approximate surface area is 340 Å². The van der Waals surface area contributed by atoms with Gasteiger partial charge in [0.05, 0.1) is 11.1 Å². The first-order valence-electron chi connectivity index (χ1n) is 20.1. The summed E-state index contributed by atoms with van der Waals surface area (Å²) in [5.41, 5.74) is 13.7. The van der Waals surface area contributed by atoms with Gasteiger partial charge in [-0.1, -0.05) is 164 Å². The molecule has 0 atom stereocenters. The molecule has 0 unspecified atom stereocenters. The van der Waals surface area contributed by atoms with Crippen LogP contribution in [-0.2, 0) is 0 Å². The van der Waals surface area contributed by atoms with E-state index in [1.807, 2.05) is 12.1 Å². The predicted octanol–water partition coefficient (Wildman–Crippen LogP) is 16.3. The van der Waals surface area contributed by atoms with Crippen LogP contribution in [0.5, 0.6) is 0 Å². The molecule has 0 radical (unpaired) electrons. The smallest absolute Gasteiger partial charge is 0.143 e. The van der Waals surface area contributed by atoms with Gasteiger partial charge in [-0.25, -0.2) is 0 Å². The molecule has 0 bridgehead atoms. The van der Waals surface area contributed by atoms with Gasteiger partial charge in [-0.05, 0) is 92.5 Å². The Hall–Kier alpha value is -7.88. The lowest BCUT2D eigenvalue weighted by Gasteiger charge is -2.27. The molecule has 59 heavy (non-hydrogen) atoms. The van der Waals surface area contributed by atoms with E-state index in [-0.39, 0.29) is 0 Å². The summed E-state index contributed by atoms with van der Waals surface area (Å²) in [6.45, 7) is 0. The van der Waals surface area contributed by atoms with Gasteiger partial charge in [-0.2, -0.15) is 0 Å². The number of hydrogen-bond donors (Lipinski definition) is 0. The molecule has 0 spiro atoms. The molecule has 12 rings (SSSR count). The third-order valence-corrected chi connectivity index (χ3v) is 11.9. The molecule has 0 N–H and O–H groups in total. The highest BCUT2D eigenvalue weighted by molar-refractivity contribution is 6.20. The van der Waals surface area contributed by atoms with Gasteiger partial charge in [-0.15, -0.1) is 0 Å². The van der Waals surface area contributed by atoms with Crippen LogP contribution in [0.25, 0.3) is 98.8 Å². The van der Waals surface area contributed by atoms with Gasteiger partial charge in [0.1, 0.15) is 22.3 Å². The number of furan rings is 2. The van der Waals surface area contributed by atoms with Gasteiger partial charge in [0.25, 0.3) is 0 Å². The molecule has 0 fully saturated rings. The Bertz CT molecular complexity index is 3540. The van der Waals surface area contributed by atoms with Gasteiger partial charge in [0, 0.05) is 38.5 Å². The Kier molecular flexibility index (Phi) is 7.54. The lowest BCUT2D eigenvalue weighted by molar-refractivity contribution is 0.670. The number of hydrogen-bond acceptors (Lipinski definition) is 3. The van der Waals surface area contributed by atoms with Crippen LogP contribution in [0.2, 0.25) is 0 Å². The van der Waals surface area contributed by atoms with E-state index >= 15 is 0 Å². The number of nitrogens with zero attached hydrogens (tertiary/aromatic N) is 1. The lowest BCUT2D eigenvalue weighted by atomic mass is 9.91. The zero-order chi connectivity index (χ0) is 38.9. The summed E-state index contributed by atoms with van der Waals surface area (Å²) in [5, 5.41) is 9.16. The van der Waals surface area contributed by atoms with E-state index in [9.17, 15) is 0 Å². The zero-order valence-corrected chi connectivity index (χ0v) is 32.0. The molecule has 0 aliphatic rings. The van der Waals surface area contributed by atoms with Crippen LogP contribution in [0.4, 0.5) is 17.1 Å². The van der Waals surface area contributed by atoms with Crippen LogP contribution >= 0.6 is 0 Å². The third kappa shape index (κ3) is 5.36. The Balaban J connectivity index is 1.03. The van der Waals surface area contributed by atoms with E-state index in [1.54, 1.807) is 0 Å². The first-order chi connectivity index (χ1) is 29.3. The fourth-order valence-electron chi connectivity index (χ4n) is 9.14. The van der Waals surface area contributed by atoms with Crippen molar-refractivity contribution in [3.63, 3.8) is 0 Å². The van der Waals surface area contributed by atoms with Crippen molar-refractivity contribution < 1.29 is 8.83 Å². The number of anilines is 3. The second kappa shape index (κ2) is 13.4. The maximum Gasteiger partial charge on any atom is 0.143 e. The van der Waals surface area contributed by atoms with E-state index in [0.717, 1.165) is 88.4 Å². The SMILES string of the molecule is c1ccc(-c2cccc3cccc(-c4ccc(N(c5ccc(-c6cccc7c6oc6ccccc67)cc5)c5cccc6oc7c8ccccc8ccc7c56)cc4)c23)cc1. The molecular weight excluding hydrogens is 719 g/mol. The van der Waals surface area contributed by atoms with Crippen LogP contribution in [0.1, 0.15) is 0 Å². The first kappa shape index (κ1) is 33.3. The van der Waals surface area contributed by atoms with Crippen LogP contribution in [0.3, 0.4) is 0 Å². The Morgan fingerprint density at radius 2 is 0.831 bits per heavy atom. The molecule has 276 valence electrons. The third-order valence-electron chi connectivity index (χ3n) is 11.9. The summed E-state index contributed by atoms with van der Waals surface area (Å²) in [4.78, 5) is 2.36. The number of fused-ring (bicyclic) bond motifs is 9. The molecule has 0 aliphatic heterocycles. The Morgan fingerprint density at radius 3 is 1.59 bits per heavy atom. The van der Waals surface area contributed by atoms with E-state index in [0.29, 0.717) is 0 Å². The molecule has 3 heteroatoms. The monoisotopic (exact) mass is 753 g/mol. The summed E-state index contributed by atoms with van der Waals surface area (Å²) in [6.07, 6.45) is 0. The average molecular weight is 754 g/mol. The summed E-state index contributed by atoms with van der Waals surface area (Å²) < 4.78 is 13.2. The van der Waals surface area contributed by atoms with Gasteiger partial charge in [0.2, 0.25) is 0 Å². The summed E-state index contributed by atoms with van der Waals surface area (Å²) >= 11 is 0. The van der Waals surface area contributed by atoms with E-state index in [1.165, 1.54) is 27.5 Å². The van der Waals surface area contributed by atoms with Crippen molar-refractivity contribution in [1.29, 1.82) is 0 Å². The lowest BCUT2D eigenvalue weighted by Crippen LogP contribution is -2.10. The highest BCUT2D eigenvalue weighted by Gasteiger charge is 2.21. The minimum absolute atomic E-state index is 0.854. The normalized spacial score (nSPS) is 11.7. The molecule has 2 aromatic heterocycles. The molecule has 12 aromatic rings. The summed E-state index contributed by atoms with van der Waals surface area (Å²) in [6, 6.07) is 75.7. The second-order valence-electron chi connectivity index (χ2n) is 15.2. The average Bonchev–Trinajstić information content (AvgIpc) is 3.89. The van der Waals surface area contributed by atoms with Crippen molar-refractivity contribution in [1.82, 2.24) is 0 Å². The van der Waals surface area contributed by atoms with Crippen LogP contribution in [0, 0.1) is 0 Å². The van der Waals surface area contributed by atoms with Gasteiger partial charge < -0.3 is 13.7 Å². The number of para-hydroxylation sites is 2. The quantitative estimate of drug-likeness (QED) is 0.169. The highest BCUT2D eigenvalue weighted by atomic mass is 16.3. The molecule has 0 saturated carbocycles.